The van der Waals surface area contributed by atoms with Crippen LogP contribution in [0.5, 0.6) is 0 Å². The van der Waals surface area contributed by atoms with Crippen molar-refractivity contribution < 1.29 is 9.59 Å². The van der Waals surface area contributed by atoms with E-state index in [4.69, 9.17) is 4.99 Å². The lowest BCUT2D eigenvalue weighted by atomic mass is 10.1. The molecule has 2 atom stereocenters. The number of hydrogen-bond acceptors (Lipinski definition) is 6. The Kier molecular flexibility index (Phi) is 4.70. The lowest BCUT2D eigenvalue weighted by Gasteiger charge is -2.38. The van der Waals surface area contributed by atoms with Crippen LogP contribution in [0.2, 0.25) is 0 Å². The van der Waals surface area contributed by atoms with E-state index in [-0.39, 0.29) is 11.9 Å². The normalized spacial score (nSPS) is 27.9. The molecule has 0 aliphatic carbocycles. The molecule has 0 spiro atoms. The van der Waals surface area contributed by atoms with Crippen molar-refractivity contribution in [1.29, 1.82) is 0 Å². The fourth-order valence-corrected chi connectivity index (χ4v) is 3.41. The highest BCUT2D eigenvalue weighted by Gasteiger charge is 2.49. The number of unbranched alkanes of at least 4 members (excludes halogenated alkanes) is 2. The van der Waals surface area contributed by atoms with Gasteiger partial charge in [0.1, 0.15) is 0 Å². The highest BCUT2D eigenvalue weighted by Crippen LogP contribution is 2.26. The summed E-state index contributed by atoms with van der Waals surface area (Å²) in [4.78, 5) is 34.9. The van der Waals surface area contributed by atoms with Gasteiger partial charge < -0.3 is 20.0 Å². The summed E-state index contributed by atoms with van der Waals surface area (Å²) in [6.07, 6.45) is 2.87. The fourth-order valence-electron chi connectivity index (χ4n) is 3.41. The van der Waals surface area contributed by atoms with Gasteiger partial charge in [0.05, 0.1) is 0 Å². The summed E-state index contributed by atoms with van der Waals surface area (Å²) < 4.78 is 0. The second-order valence-electron chi connectivity index (χ2n) is 6.33. The minimum atomic E-state index is -0.414. The van der Waals surface area contributed by atoms with Crippen LogP contribution in [0.3, 0.4) is 0 Å². The molecule has 3 heterocycles. The second kappa shape index (κ2) is 6.74. The monoisotopic (exact) mass is 322 g/mol. The fraction of sp³-hybridized carbons (Fsp3) is 0.800. The number of hydrogen-bond donors (Lipinski definition) is 2. The van der Waals surface area contributed by atoms with Gasteiger partial charge in [-0.3, -0.25) is 10.1 Å². The molecule has 3 amide bonds. The van der Waals surface area contributed by atoms with E-state index >= 15 is 0 Å². The summed E-state index contributed by atoms with van der Waals surface area (Å²) >= 11 is 0. The first-order chi connectivity index (χ1) is 11.1. The van der Waals surface area contributed by atoms with Gasteiger partial charge in [-0.25, -0.2) is 9.79 Å². The minimum Gasteiger partial charge on any atom is -0.340 e. The maximum Gasteiger partial charge on any atom is 0.325 e. The van der Waals surface area contributed by atoms with Crippen LogP contribution < -0.4 is 10.6 Å². The second-order valence-corrected chi connectivity index (χ2v) is 6.33. The maximum absolute atomic E-state index is 12.4. The van der Waals surface area contributed by atoms with Crippen molar-refractivity contribution >= 4 is 17.9 Å². The van der Waals surface area contributed by atoms with Gasteiger partial charge in [0.25, 0.3) is 5.91 Å². The van der Waals surface area contributed by atoms with Crippen molar-refractivity contribution in [2.24, 2.45) is 4.99 Å². The highest BCUT2D eigenvalue weighted by atomic mass is 16.2. The molecule has 3 aliphatic heterocycles. The van der Waals surface area contributed by atoms with Crippen molar-refractivity contribution in [2.75, 3.05) is 39.8 Å². The van der Waals surface area contributed by atoms with E-state index < -0.39 is 12.2 Å². The Morgan fingerprint density at radius 1 is 1.22 bits per heavy atom. The number of urea groups is 1. The van der Waals surface area contributed by atoms with Crippen molar-refractivity contribution in [3.8, 4) is 0 Å². The largest absolute Gasteiger partial charge is 0.340 e. The number of guanidine groups is 1. The molecule has 0 aromatic carbocycles. The van der Waals surface area contributed by atoms with Gasteiger partial charge >= 0.3 is 6.03 Å². The first kappa shape index (κ1) is 16.0. The van der Waals surface area contributed by atoms with E-state index in [1.807, 2.05) is 0 Å². The van der Waals surface area contributed by atoms with Gasteiger partial charge in [-0.05, 0) is 6.42 Å². The van der Waals surface area contributed by atoms with Crippen molar-refractivity contribution in [2.45, 2.75) is 38.4 Å². The maximum atomic E-state index is 12.4. The first-order valence-electron chi connectivity index (χ1n) is 8.51. The zero-order chi connectivity index (χ0) is 16.4. The quantitative estimate of drug-likeness (QED) is 0.690. The number of aliphatic imine (C=N–C) groups is 1. The van der Waals surface area contributed by atoms with Gasteiger partial charge in [-0.15, -0.1) is 0 Å². The molecular weight excluding hydrogens is 296 g/mol. The van der Waals surface area contributed by atoms with E-state index in [0.717, 1.165) is 57.9 Å². The number of carbonyl (C=O) groups excluding carboxylic acids is 2. The minimum absolute atomic E-state index is 0.233. The molecule has 3 aliphatic rings. The molecule has 2 N–H and O–H groups in total. The standard InChI is InChI=1S/C15H26N6O2/c1-3-4-5-8-21-11-12(19(2)15(23)18-13(11)22)17-14(21)20-9-6-16-7-10-20/h11-12,16H,3-10H2,1-2H3,(H,18,22,23). The molecule has 0 aromatic rings. The number of carbonyl (C=O) groups is 2. The molecule has 8 nitrogen and oxygen atoms in total. The van der Waals surface area contributed by atoms with Crippen LogP contribution >= 0.6 is 0 Å². The van der Waals surface area contributed by atoms with Crippen LogP contribution in [0.15, 0.2) is 4.99 Å². The molecule has 0 aromatic heterocycles. The summed E-state index contributed by atoms with van der Waals surface area (Å²) in [6.45, 7) is 6.55. The zero-order valence-electron chi connectivity index (χ0n) is 13.9. The summed E-state index contributed by atoms with van der Waals surface area (Å²) in [5.41, 5.74) is 0. The summed E-state index contributed by atoms with van der Waals surface area (Å²) in [5, 5.41) is 5.78. The Bertz CT molecular complexity index is 502. The number of rotatable bonds is 4. The van der Waals surface area contributed by atoms with Crippen LogP contribution in [0.25, 0.3) is 0 Å². The van der Waals surface area contributed by atoms with E-state index in [1.54, 1.807) is 7.05 Å². The third kappa shape index (κ3) is 2.99. The lowest BCUT2D eigenvalue weighted by Crippen LogP contribution is -2.64. The molecule has 0 radical (unpaired) electrons. The Hall–Kier alpha value is -1.83. The van der Waals surface area contributed by atoms with E-state index in [2.05, 4.69) is 27.4 Å². The third-order valence-electron chi connectivity index (χ3n) is 4.74. The number of piperazine rings is 1. The molecule has 2 saturated heterocycles. The van der Waals surface area contributed by atoms with Crippen molar-refractivity contribution in [1.82, 2.24) is 25.3 Å². The Morgan fingerprint density at radius 3 is 2.65 bits per heavy atom. The highest BCUT2D eigenvalue weighted by molar-refractivity contribution is 6.03. The topological polar surface area (TPSA) is 80.3 Å². The number of likely N-dealkylation sites (N-methyl/N-ethyl adjacent to an activating group) is 1. The third-order valence-corrected chi connectivity index (χ3v) is 4.74. The number of nitrogens with zero attached hydrogens (tertiary/aromatic N) is 4. The predicted molar refractivity (Wildman–Crippen MR) is 87.0 cm³/mol. The molecule has 23 heavy (non-hydrogen) atoms. The molecule has 0 saturated carbocycles. The number of nitrogens with one attached hydrogen (secondary N) is 2. The van der Waals surface area contributed by atoms with E-state index in [0.29, 0.717) is 0 Å². The summed E-state index contributed by atoms with van der Waals surface area (Å²) in [7, 11) is 1.70. The predicted octanol–water partition coefficient (Wildman–Crippen LogP) is -0.370. The summed E-state index contributed by atoms with van der Waals surface area (Å²) in [6, 6.07) is -0.769. The van der Waals surface area contributed by atoms with E-state index in [1.165, 1.54) is 4.90 Å². The van der Waals surface area contributed by atoms with Gasteiger partial charge in [-0.2, -0.15) is 0 Å². The van der Waals surface area contributed by atoms with Crippen molar-refractivity contribution in [3.05, 3.63) is 0 Å². The van der Waals surface area contributed by atoms with Gasteiger partial charge in [0.15, 0.2) is 18.2 Å². The lowest BCUT2D eigenvalue weighted by molar-refractivity contribution is -0.127. The zero-order valence-corrected chi connectivity index (χ0v) is 13.9. The molecule has 128 valence electrons. The van der Waals surface area contributed by atoms with Crippen LogP contribution in [0, 0.1) is 0 Å². The Morgan fingerprint density at radius 2 is 1.96 bits per heavy atom. The average Bonchev–Trinajstić information content (AvgIpc) is 2.94. The van der Waals surface area contributed by atoms with Crippen molar-refractivity contribution in [3.63, 3.8) is 0 Å². The van der Waals surface area contributed by atoms with Gasteiger partial charge in [0.2, 0.25) is 0 Å². The van der Waals surface area contributed by atoms with Crippen LogP contribution in [0.1, 0.15) is 26.2 Å². The van der Waals surface area contributed by atoms with Crippen LogP contribution in [-0.4, -0.2) is 84.6 Å². The number of fused-ring (bicyclic) bond motifs is 1. The molecule has 0 bridgehead atoms. The average molecular weight is 322 g/mol. The molecule has 3 rings (SSSR count). The SMILES string of the molecule is CCCCCN1C(N2CCNCC2)=NC2C1C(=O)NC(=O)N2C. The molecule has 8 heteroatoms. The number of imide groups is 1. The van der Waals surface area contributed by atoms with Crippen LogP contribution in [-0.2, 0) is 4.79 Å². The Labute approximate surface area is 136 Å². The molecule has 2 fully saturated rings. The first-order valence-corrected chi connectivity index (χ1v) is 8.51. The van der Waals surface area contributed by atoms with E-state index in [9.17, 15) is 9.59 Å². The Balaban J connectivity index is 1.84. The molecule has 2 unspecified atom stereocenters. The van der Waals surface area contributed by atoms with Gasteiger partial charge in [0, 0.05) is 39.8 Å². The molecular formula is C15H26N6O2. The van der Waals surface area contributed by atoms with Crippen LogP contribution in [0.4, 0.5) is 4.79 Å². The van der Waals surface area contributed by atoms with Gasteiger partial charge in [-0.1, -0.05) is 19.8 Å². The summed E-state index contributed by atoms with van der Waals surface area (Å²) in [5.74, 6) is 0.637. The number of amides is 3. The smallest absolute Gasteiger partial charge is 0.325 e.